The third kappa shape index (κ3) is 4.33. The van der Waals surface area contributed by atoms with Gasteiger partial charge in [-0.05, 0) is 25.0 Å². The monoisotopic (exact) mass is 440 g/mol. The molecule has 1 amide bonds. The minimum atomic E-state index is -4.30. The fourth-order valence-corrected chi connectivity index (χ4v) is 3.72. The van der Waals surface area contributed by atoms with Crippen LogP contribution in [0.25, 0.3) is 22.4 Å². The van der Waals surface area contributed by atoms with Crippen LogP contribution in [-0.4, -0.2) is 51.2 Å². The highest BCUT2D eigenvalue weighted by Crippen LogP contribution is 2.30. The number of pyridine rings is 1. The van der Waals surface area contributed by atoms with E-state index >= 15 is 0 Å². The normalized spacial score (nSPS) is 16.9. The van der Waals surface area contributed by atoms with E-state index in [1.165, 1.54) is 6.20 Å². The van der Waals surface area contributed by atoms with Crippen molar-refractivity contribution in [1.29, 1.82) is 0 Å². The molecule has 4 heterocycles. The van der Waals surface area contributed by atoms with Gasteiger partial charge in [0.1, 0.15) is 17.5 Å². The van der Waals surface area contributed by atoms with Gasteiger partial charge < -0.3 is 15.2 Å². The number of hydrogen-bond donors (Lipinski definition) is 2. The Labute approximate surface area is 176 Å². The molecule has 0 aromatic carbocycles. The van der Waals surface area contributed by atoms with Gasteiger partial charge >= 0.3 is 6.18 Å². The number of aromatic amines is 1. The first-order chi connectivity index (χ1) is 14.3. The number of nitrogens with zero attached hydrogens (tertiary/aromatic N) is 4. The van der Waals surface area contributed by atoms with Crippen LogP contribution < -0.4 is 10.2 Å². The summed E-state index contributed by atoms with van der Waals surface area (Å²) in [5.41, 5.74) is 1.36. The highest BCUT2D eigenvalue weighted by molar-refractivity contribution is 6.31. The molecule has 1 aliphatic heterocycles. The number of H-pyrrole nitrogens is 1. The molecule has 3 aromatic rings. The SMILES string of the molecule is O=C(NCCC(F)(F)F)[C@H]1CCCN1c1ccnc(-c2c[nH]c3ncc(Cl)cc23)n1.[HH]. The molecule has 1 fully saturated rings. The van der Waals surface area contributed by atoms with Crippen molar-refractivity contribution in [2.24, 2.45) is 0 Å². The summed E-state index contributed by atoms with van der Waals surface area (Å²) in [4.78, 5) is 30.4. The quantitative estimate of drug-likeness (QED) is 0.627. The highest BCUT2D eigenvalue weighted by atomic mass is 35.5. The summed E-state index contributed by atoms with van der Waals surface area (Å²) in [6.45, 7) is 0.139. The topological polar surface area (TPSA) is 86.8 Å². The first-order valence-corrected chi connectivity index (χ1v) is 9.77. The van der Waals surface area contributed by atoms with Crippen molar-refractivity contribution in [3.8, 4) is 11.4 Å². The maximum atomic E-state index is 12.4. The number of alkyl halides is 3. The van der Waals surface area contributed by atoms with Crippen molar-refractivity contribution in [3.05, 3.63) is 35.7 Å². The van der Waals surface area contributed by atoms with Crippen LogP contribution in [0, 0.1) is 0 Å². The maximum Gasteiger partial charge on any atom is 0.390 e. The van der Waals surface area contributed by atoms with Crippen LogP contribution in [0.2, 0.25) is 5.02 Å². The zero-order chi connectivity index (χ0) is 21.3. The molecule has 0 saturated carbocycles. The fourth-order valence-electron chi connectivity index (χ4n) is 3.56. The van der Waals surface area contributed by atoms with Crippen LogP contribution in [0.15, 0.2) is 30.7 Å². The van der Waals surface area contributed by atoms with E-state index in [-0.39, 0.29) is 1.43 Å². The van der Waals surface area contributed by atoms with Crippen molar-refractivity contribution in [2.45, 2.75) is 31.5 Å². The largest absolute Gasteiger partial charge is 0.390 e. The summed E-state index contributed by atoms with van der Waals surface area (Å²) in [7, 11) is 0. The Morgan fingerprint density at radius 2 is 2.23 bits per heavy atom. The highest BCUT2D eigenvalue weighted by Gasteiger charge is 2.33. The zero-order valence-corrected chi connectivity index (χ0v) is 16.5. The predicted molar refractivity (Wildman–Crippen MR) is 108 cm³/mol. The van der Waals surface area contributed by atoms with E-state index in [4.69, 9.17) is 11.6 Å². The molecule has 3 aromatic heterocycles. The minimum Gasteiger partial charge on any atom is -0.354 e. The van der Waals surface area contributed by atoms with Crippen molar-refractivity contribution < 1.29 is 19.4 Å². The van der Waals surface area contributed by atoms with E-state index < -0.39 is 31.1 Å². The van der Waals surface area contributed by atoms with E-state index in [1.807, 2.05) is 0 Å². The van der Waals surface area contributed by atoms with Gasteiger partial charge in [-0.2, -0.15) is 13.2 Å². The van der Waals surface area contributed by atoms with Crippen molar-refractivity contribution in [2.75, 3.05) is 18.0 Å². The molecular formula is C19H20ClF3N6O. The van der Waals surface area contributed by atoms with Gasteiger partial charge in [0.2, 0.25) is 5.91 Å². The molecule has 0 unspecified atom stereocenters. The summed E-state index contributed by atoms with van der Waals surface area (Å²) in [6, 6.07) is 2.88. The minimum absolute atomic E-state index is 0. The van der Waals surface area contributed by atoms with E-state index in [9.17, 15) is 18.0 Å². The van der Waals surface area contributed by atoms with Gasteiger partial charge in [0, 0.05) is 44.1 Å². The van der Waals surface area contributed by atoms with Gasteiger partial charge in [-0.15, -0.1) is 0 Å². The lowest BCUT2D eigenvalue weighted by molar-refractivity contribution is -0.135. The molecule has 1 saturated heterocycles. The summed E-state index contributed by atoms with van der Waals surface area (Å²) in [6.07, 6.45) is 0.784. The summed E-state index contributed by atoms with van der Waals surface area (Å²) in [5, 5.41) is 3.63. The first kappa shape index (κ1) is 20.4. The number of hydrogen-bond acceptors (Lipinski definition) is 5. The smallest absolute Gasteiger partial charge is 0.354 e. The Morgan fingerprint density at radius 1 is 1.40 bits per heavy atom. The zero-order valence-electron chi connectivity index (χ0n) is 15.7. The van der Waals surface area contributed by atoms with Gasteiger partial charge in [-0.1, -0.05) is 11.6 Å². The van der Waals surface area contributed by atoms with Crippen LogP contribution in [0.4, 0.5) is 19.0 Å². The van der Waals surface area contributed by atoms with E-state index in [2.05, 4.69) is 25.3 Å². The molecule has 0 radical (unpaired) electrons. The van der Waals surface area contributed by atoms with Crippen LogP contribution in [-0.2, 0) is 4.79 Å². The van der Waals surface area contributed by atoms with Gasteiger partial charge in [0.15, 0.2) is 5.82 Å². The van der Waals surface area contributed by atoms with Crippen molar-refractivity contribution >= 4 is 34.4 Å². The molecule has 0 bridgehead atoms. The lowest BCUT2D eigenvalue weighted by Crippen LogP contribution is -2.44. The van der Waals surface area contributed by atoms with Crippen molar-refractivity contribution in [1.82, 2.24) is 25.3 Å². The molecule has 30 heavy (non-hydrogen) atoms. The van der Waals surface area contributed by atoms with Crippen LogP contribution in [0.5, 0.6) is 0 Å². The standard InChI is InChI=1S/C19H18ClF3N6O.H2/c20-11-8-12-13(10-27-16(12)26-9-11)17-24-5-3-15(28-17)29-7-1-2-14(29)18(30)25-6-4-19(21,22)23;/h3,5,8-10,14H,1-2,4,6-7H2,(H,25,30)(H,26,27);1H/t14-;/m1./s1. The molecular weight excluding hydrogens is 421 g/mol. The van der Waals surface area contributed by atoms with Gasteiger partial charge in [-0.3, -0.25) is 4.79 Å². The number of fused-ring (bicyclic) bond motifs is 1. The molecule has 1 atom stereocenters. The van der Waals surface area contributed by atoms with Crippen LogP contribution in [0.3, 0.4) is 0 Å². The van der Waals surface area contributed by atoms with Gasteiger partial charge in [0.05, 0.1) is 11.4 Å². The average molecular weight is 441 g/mol. The number of carbonyl (C=O) groups excluding carboxylic acids is 1. The lowest BCUT2D eigenvalue weighted by atomic mass is 10.2. The number of aromatic nitrogens is 4. The number of anilines is 1. The first-order valence-electron chi connectivity index (χ1n) is 9.39. The Morgan fingerprint density at radius 3 is 3.03 bits per heavy atom. The summed E-state index contributed by atoms with van der Waals surface area (Å²) < 4.78 is 37.0. The van der Waals surface area contributed by atoms with Gasteiger partial charge in [0.25, 0.3) is 0 Å². The molecule has 1 aliphatic rings. The lowest BCUT2D eigenvalue weighted by Gasteiger charge is -2.25. The number of carbonyl (C=O) groups is 1. The molecule has 4 rings (SSSR count). The Balaban J connectivity index is 0.00000272. The number of rotatable bonds is 5. The number of halogens is 4. The Hall–Kier alpha value is -2.88. The fraction of sp³-hybridized carbons (Fsp3) is 0.368. The average Bonchev–Trinajstić information content (AvgIpc) is 3.34. The molecule has 0 spiro atoms. The molecule has 0 aliphatic carbocycles. The second-order valence-corrected chi connectivity index (χ2v) is 7.43. The third-order valence-electron chi connectivity index (χ3n) is 4.94. The Kier molecular flexibility index (Phi) is 5.50. The van der Waals surface area contributed by atoms with E-state index in [0.717, 1.165) is 11.8 Å². The van der Waals surface area contributed by atoms with E-state index in [0.29, 0.717) is 40.8 Å². The second-order valence-electron chi connectivity index (χ2n) is 7.00. The maximum absolute atomic E-state index is 12.4. The summed E-state index contributed by atoms with van der Waals surface area (Å²) in [5.74, 6) is 0.545. The van der Waals surface area contributed by atoms with Crippen molar-refractivity contribution in [3.63, 3.8) is 0 Å². The van der Waals surface area contributed by atoms with Crippen LogP contribution in [0.1, 0.15) is 20.7 Å². The Bertz CT molecular complexity index is 1080. The van der Waals surface area contributed by atoms with Gasteiger partial charge in [-0.25, -0.2) is 15.0 Å². The molecule has 7 nitrogen and oxygen atoms in total. The number of nitrogens with one attached hydrogen (secondary N) is 2. The summed E-state index contributed by atoms with van der Waals surface area (Å²) >= 11 is 6.05. The second kappa shape index (κ2) is 8.10. The number of amides is 1. The van der Waals surface area contributed by atoms with Crippen LogP contribution >= 0.6 is 11.6 Å². The van der Waals surface area contributed by atoms with E-state index in [1.54, 1.807) is 29.4 Å². The molecule has 11 heteroatoms. The third-order valence-corrected chi connectivity index (χ3v) is 5.14. The molecule has 160 valence electrons. The molecule has 2 N–H and O–H groups in total. The predicted octanol–water partition coefficient (Wildman–Crippen LogP) is 3.96.